The van der Waals surface area contributed by atoms with Gasteiger partial charge in [-0.2, -0.15) is 0 Å². The third-order valence-corrected chi connectivity index (χ3v) is 6.53. The summed E-state index contributed by atoms with van der Waals surface area (Å²) < 4.78 is 11.1. The summed E-state index contributed by atoms with van der Waals surface area (Å²) >= 11 is 0. The van der Waals surface area contributed by atoms with Gasteiger partial charge in [0.05, 0.1) is 11.8 Å². The number of ether oxygens (including phenoxy) is 2. The van der Waals surface area contributed by atoms with Crippen LogP contribution in [0.5, 0.6) is 0 Å². The minimum Gasteiger partial charge on any atom is -0.515 e. The lowest BCUT2D eigenvalue weighted by Gasteiger charge is -2.48. The molecule has 0 aromatic rings. The van der Waals surface area contributed by atoms with E-state index in [0.29, 0.717) is 12.7 Å². The highest BCUT2D eigenvalue weighted by Crippen LogP contribution is 2.56. The van der Waals surface area contributed by atoms with Gasteiger partial charge >= 0.3 is 11.9 Å². The predicted molar refractivity (Wildman–Crippen MR) is 108 cm³/mol. The highest BCUT2D eigenvalue weighted by molar-refractivity contribution is 6.20. The standard InChI is InChI=1S/C23H30O7/c1-4-6-7-8-9-10-16(25)17-18-19-14(15(13-24)20(26)29-19)12-23(28,11-5-2)22(18,3)30-21(17)27/h5,11,13-14,19,24,28H,4,6-10,12H2,1-3H3/b11-5+,15-13+/t14?,19?,22-,23-/m0/s1. The number of rotatable bonds is 8. The average Bonchev–Trinajstić information content (AvgIpc) is 3.14. The first-order valence-electron chi connectivity index (χ1n) is 10.7. The van der Waals surface area contributed by atoms with Crippen molar-refractivity contribution < 1.29 is 34.1 Å². The normalized spacial score (nSPS) is 34.3. The van der Waals surface area contributed by atoms with Crippen molar-refractivity contribution in [3.63, 3.8) is 0 Å². The van der Waals surface area contributed by atoms with Crippen LogP contribution in [-0.4, -0.2) is 45.2 Å². The average molecular weight is 418 g/mol. The zero-order chi connectivity index (χ0) is 22.1. The van der Waals surface area contributed by atoms with Gasteiger partial charge in [0.1, 0.15) is 17.3 Å². The Morgan fingerprint density at radius 1 is 1.20 bits per heavy atom. The van der Waals surface area contributed by atoms with Crippen LogP contribution in [0.4, 0.5) is 0 Å². The third-order valence-electron chi connectivity index (χ3n) is 6.53. The number of hydrogen-bond acceptors (Lipinski definition) is 7. The van der Waals surface area contributed by atoms with Crippen molar-refractivity contribution in [1.82, 2.24) is 0 Å². The molecule has 0 radical (unpaired) electrons. The molecular weight excluding hydrogens is 388 g/mol. The number of fused-ring (bicyclic) bond motifs is 3. The van der Waals surface area contributed by atoms with Gasteiger partial charge in [0.15, 0.2) is 11.4 Å². The summed E-state index contributed by atoms with van der Waals surface area (Å²) in [4.78, 5) is 38.1. The highest BCUT2D eigenvalue weighted by Gasteiger charge is 2.67. The van der Waals surface area contributed by atoms with Gasteiger partial charge < -0.3 is 19.7 Å². The molecule has 2 N–H and O–H groups in total. The summed E-state index contributed by atoms with van der Waals surface area (Å²) in [5.41, 5.74) is -3.09. The van der Waals surface area contributed by atoms with E-state index in [1.165, 1.54) is 6.08 Å². The first kappa shape index (κ1) is 22.3. The van der Waals surface area contributed by atoms with Gasteiger partial charge in [-0.05, 0) is 26.7 Å². The minimum absolute atomic E-state index is 0.00586. The number of carbonyl (C=O) groups excluding carboxylic acids is 3. The fourth-order valence-electron chi connectivity index (χ4n) is 4.89. The van der Waals surface area contributed by atoms with Crippen LogP contribution in [0, 0.1) is 5.92 Å². The van der Waals surface area contributed by atoms with Crippen molar-refractivity contribution in [3.8, 4) is 0 Å². The number of aliphatic hydroxyl groups is 2. The van der Waals surface area contributed by atoms with Crippen LogP contribution in [-0.2, 0) is 23.9 Å². The molecule has 2 aliphatic heterocycles. The van der Waals surface area contributed by atoms with Crippen LogP contribution in [0.2, 0.25) is 0 Å². The quantitative estimate of drug-likeness (QED) is 0.155. The van der Waals surface area contributed by atoms with E-state index in [0.717, 1.165) is 25.7 Å². The van der Waals surface area contributed by atoms with Gasteiger partial charge in [-0.15, -0.1) is 0 Å². The molecule has 2 unspecified atom stereocenters. The number of allylic oxidation sites excluding steroid dienone is 1. The molecule has 3 rings (SSSR count). The topological polar surface area (TPSA) is 110 Å². The van der Waals surface area contributed by atoms with Gasteiger partial charge in [0.2, 0.25) is 0 Å². The number of aliphatic hydroxyl groups excluding tert-OH is 1. The number of esters is 2. The second-order valence-corrected chi connectivity index (χ2v) is 8.44. The van der Waals surface area contributed by atoms with Crippen molar-refractivity contribution in [1.29, 1.82) is 0 Å². The first-order valence-corrected chi connectivity index (χ1v) is 10.7. The molecule has 4 atom stereocenters. The number of unbranched alkanes of at least 4 members (excludes halogenated alkanes) is 4. The van der Waals surface area contributed by atoms with Crippen molar-refractivity contribution in [2.45, 2.75) is 83.0 Å². The lowest BCUT2D eigenvalue weighted by Crippen LogP contribution is -2.60. The summed E-state index contributed by atoms with van der Waals surface area (Å²) in [6, 6.07) is 0. The lowest BCUT2D eigenvalue weighted by atomic mass is 9.62. The summed E-state index contributed by atoms with van der Waals surface area (Å²) in [6.07, 6.45) is 7.81. The molecule has 0 aromatic heterocycles. The van der Waals surface area contributed by atoms with Gasteiger partial charge in [0.25, 0.3) is 0 Å². The van der Waals surface area contributed by atoms with Gasteiger partial charge in [0, 0.05) is 17.9 Å². The number of ketones is 1. The molecule has 7 heteroatoms. The van der Waals surface area contributed by atoms with Gasteiger partial charge in [-0.25, -0.2) is 9.59 Å². The van der Waals surface area contributed by atoms with Crippen molar-refractivity contribution in [3.05, 3.63) is 35.1 Å². The zero-order valence-electron chi connectivity index (χ0n) is 17.8. The Hall–Kier alpha value is -2.41. The van der Waals surface area contributed by atoms with Crippen LogP contribution in [0.15, 0.2) is 35.1 Å². The van der Waals surface area contributed by atoms with Crippen molar-refractivity contribution in [2.75, 3.05) is 0 Å². The van der Waals surface area contributed by atoms with Gasteiger partial charge in [-0.1, -0.05) is 44.8 Å². The maximum Gasteiger partial charge on any atom is 0.343 e. The van der Waals surface area contributed by atoms with E-state index in [1.807, 2.05) is 0 Å². The molecule has 30 heavy (non-hydrogen) atoms. The Morgan fingerprint density at radius 2 is 1.90 bits per heavy atom. The molecular formula is C23H30O7. The third kappa shape index (κ3) is 3.39. The van der Waals surface area contributed by atoms with E-state index in [1.54, 1.807) is 19.9 Å². The number of Topliss-reactive ketones (excluding diaryl/α,β-unsaturated/α-hetero) is 1. The Morgan fingerprint density at radius 3 is 2.53 bits per heavy atom. The molecule has 1 saturated heterocycles. The zero-order valence-corrected chi connectivity index (χ0v) is 17.8. The molecule has 0 bridgehead atoms. The maximum atomic E-state index is 13.0. The second kappa shape index (κ2) is 8.38. The van der Waals surface area contributed by atoms with Crippen LogP contribution in [0.25, 0.3) is 0 Å². The van der Waals surface area contributed by atoms with E-state index >= 15 is 0 Å². The number of hydrogen-bond donors (Lipinski definition) is 2. The molecule has 3 aliphatic rings. The molecule has 1 aliphatic carbocycles. The summed E-state index contributed by atoms with van der Waals surface area (Å²) in [7, 11) is 0. The molecule has 0 amide bonds. The smallest absolute Gasteiger partial charge is 0.343 e. The van der Waals surface area contributed by atoms with Gasteiger partial charge in [-0.3, -0.25) is 4.79 Å². The van der Waals surface area contributed by atoms with Crippen molar-refractivity contribution in [2.24, 2.45) is 5.92 Å². The second-order valence-electron chi connectivity index (χ2n) is 8.44. The van der Waals surface area contributed by atoms with E-state index in [4.69, 9.17) is 9.47 Å². The maximum absolute atomic E-state index is 13.0. The molecule has 2 heterocycles. The van der Waals surface area contributed by atoms with E-state index in [2.05, 4.69) is 6.92 Å². The predicted octanol–water partition coefficient (Wildman–Crippen LogP) is 3.22. The summed E-state index contributed by atoms with van der Waals surface area (Å²) in [5.74, 6) is -2.57. The Kier molecular flexibility index (Phi) is 6.22. The number of carbonyl (C=O) groups is 3. The molecule has 2 fully saturated rings. The van der Waals surface area contributed by atoms with Crippen molar-refractivity contribution >= 4 is 17.7 Å². The van der Waals surface area contributed by atoms with Crippen LogP contribution >= 0.6 is 0 Å². The lowest BCUT2D eigenvalue weighted by molar-refractivity contribution is -0.173. The Balaban J connectivity index is 2.03. The Bertz CT molecular complexity index is 836. The van der Waals surface area contributed by atoms with Crippen LogP contribution in [0.3, 0.4) is 0 Å². The molecule has 164 valence electrons. The van der Waals surface area contributed by atoms with Crippen LogP contribution < -0.4 is 0 Å². The van der Waals surface area contributed by atoms with Crippen LogP contribution in [0.1, 0.15) is 65.7 Å². The van der Waals surface area contributed by atoms with E-state index < -0.39 is 35.2 Å². The van der Waals surface area contributed by atoms with E-state index in [9.17, 15) is 24.6 Å². The molecule has 1 saturated carbocycles. The minimum atomic E-state index is -1.65. The summed E-state index contributed by atoms with van der Waals surface area (Å²) in [6.45, 7) is 5.37. The molecule has 0 aromatic carbocycles. The fourth-order valence-corrected chi connectivity index (χ4v) is 4.89. The monoisotopic (exact) mass is 418 g/mol. The SMILES string of the molecule is C/C=C/[C@]1(O)CC2/C(=C\O)C(=O)OC2C2=C(C(=O)CCCCCCC)C(=O)O[C@@]21C. The first-order chi connectivity index (χ1) is 14.2. The summed E-state index contributed by atoms with van der Waals surface area (Å²) in [5, 5.41) is 21.0. The Labute approximate surface area is 176 Å². The molecule has 7 nitrogen and oxygen atoms in total. The highest BCUT2D eigenvalue weighted by atomic mass is 16.6. The fraction of sp³-hybridized carbons (Fsp3) is 0.609. The molecule has 0 spiro atoms. The largest absolute Gasteiger partial charge is 0.515 e. The van der Waals surface area contributed by atoms with E-state index in [-0.39, 0.29) is 35.3 Å².